The molecule has 0 aliphatic carbocycles. The number of amides is 3. The highest BCUT2D eigenvalue weighted by atomic mass is 79.9. The molecular weight excluding hydrogens is 464 g/mol. The van der Waals surface area contributed by atoms with Crippen molar-refractivity contribution in [2.75, 3.05) is 18.5 Å². The van der Waals surface area contributed by atoms with E-state index in [4.69, 9.17) is 4.74 Å². The topological polar surface area (TPSA) is 109 Å². The summed E-state index contributed by atoms with van der Waals surface area (Å²) in [5.41, 5.74) is 5.48. The van der Waals surface area contributed by atoms with Crippen LogP contribution >= 0.6 is 15.9 Å². The van der Waals surface area contributed by atoms with Crippen LogP contribution in [0.5, 0.6) is 5.75 Å². The van der Waals surface area contributed by atoms with Crippen molar-refractivity contribution in [2.45, 2.75) is 27.2 Å². The molecule has 9 heteroatoms. The number of anilines is 1. The maximum absolute atomic E-state index is 12.3. The number of hydrogen-bond acceptors (Lipinski definition) is 5. The molecule has 31 heavy (non-hydrogen) atoms. The molecule has 2 aromatic rings. The monoisotopic (exact) mass is 488 g/mol. The van der Waals surface area contributed by atoms with Crippen LogP contribution in [0.4, 0.5) is 5.69 Å². The first-order chi connectivity index (χ1) is 14.8. The largest absolute Gasteiger partial charge is 0.483 e. The molecule has 0 unspecified atom stereocenters. The molecule has 0 saturated carbocycles. The van der Waals surface area contributed by atoms with Crippen molar-refractivity contribution in [2.24, 2.45) is 5.10 Å². The summed E-state index contributed by atoms with van der Waals surface area (Å²) in [7, 11) is 0. The molecular formula is C22H25BrN4O4. The van der Waals surface area contributed by atoms with E-state index in [1.54, 1.807) is 18.2 Å². The van der Waals surface area contributed by atoms with Gasteiger partial charge in [-0.2, -0.15) is 5.10 Å². The molecule has 0 aromatic heterocycles. The molecule has 0 spiro atoms. The molecule has 8 nitrogen and oxygen atoms in total. The molecule has 2 aromatic carbocycles. The Labute approximate surface area is 189 Å². The van der Waals surface area contributed by atoms with Gasteiger partial charge in [0.15, 0.2) is 6.61 Å². The zero-order valence-electron chi connectivity index (χ0n) is 17.6. The minimum atomic E-state index is -0.866. The van der Waals surface area contributed by atoms with E-state index in [0.29, 0.717) is 23.5 Å². The maximum atomic E-state index is 12.3. The van der Waals surface area contributed by atoms with Gasteiger partial charge in [0, 0.05) is 22.3 Å². The first kappa shape index (κ1) is 24.1. The van der Waals surface area contributed by atoms with Gasteiger partial charge in [-0.25, -0.2) is 5.43 Å². The van der Waals surface area contributed by atoms with Gasteiger partial charge in [0.05, 0.1) is 6.21 Å². The number of nitrogens with one attached hydrogen (secondary N) is 3. The Morgan fingerprint density at radius 1 is 1.06 bits per heavy atom. The van der Waals surface area contributed by atoms with Gasteiger partial charge in [0.2, 0.25) is 0 Å². The van der Waals surface area contributed by atoms with Gasteiger partial charge in [0.25, 0.3) is 5.91 Å². The summed E-state index contributed by atoms with van der Waals surface area (Å²) in [4.78, 5) is 35.5. The minimum absolute atomic E-state index is 0.207. The highest BCUT2D eigenvalue weighted by molar-refractivity contribution is 9.10. The molecule has 3 amide bonds. The highest BCUT2D eigenvalue weighted by Gasteiger charge is 2.12. The van der Waals surface area contributed by atoms with Crippen molar-refractivity contribution in [1.82, 2.24) is 10.7 Å². The van der Waals surface area contributed by atoms with Gasteiger partial charge < -0.3 is 15.4 Å². The molecule has 0 aliphatic rings. The normalized spacial score (nSPS) is 10.6. The third-order valence-corrected chi connectivity index (χ3v) is 4.44. The number of carbonyl (C=O) groups excluding carboxylic acids is 3. The summed E-state index contributed by atoms with van der Waals surface area (Å²) in [5.74, 6) is -1.54. The van der Waals surface area contributed by atoms with Crippen LogP contribution in [0.2, 0.25) is 0 Å². The standard InChI is InChI=1S/C22H25BrN4O4/c1-4-7-24-21(29)22(30)27-25-12-16-11-17(23)5-6-19(16)31-13-20(28)26-18-9-14(2)8-15(3)10-18/h5-6,8-12H,4,7,13H2,1-3H3,(H,24,29)(H,26,28)(H,27,30)/b25-12-. The zero-order valence-corrected chi connectivity index (χ0v) is 19.2. The molecule has 3 N–H and O–H groups in total. The molecule has 164 valence electrons. The Balaban J connectivity index is 1.98. The number of halogens is 1. The molecule has 0 bridgehead atoms. The van der Waals surface area contributed by atoms with E-state index >= 15 is 0 Å². The van der Waals surface area contributed by atoms with Gasteiger partial charge >= 0.3 is 11.8 Å². The van der Waals surface area contributed by atoms with Crippen molar-refractivity contribution >= 4 is 45.6 Å². The summed E-state index contributed by atoms with van der Waals surface area (Å²) in [6.45, 7) is 6.00. The van der Waals surface area contributed by atoms with Crippen molar-refractivity contribution in [3.63, 3.8) is 0 Å². The lowest BCUT2D eigenvalue weighted by molar-refractivity contribution is -0.139. The van der Waals surface area contributed by atoms with Crippen LogP contribution in [0, 0.1) is 13.8 Å². The summed E-state index contributed by atoms with van der Waals surface area (Å²) < 4.78 is 6.39. The number of benzene rings is 2. The van der Waals surface area contributed by atoms with E-state index in [2.05, 4.69) is 37.1 Å². The second-order valence-corrected chi connectivity index (χ2v) is 7.77. The fourth-order valence-electron chi connectivity index (χ4n) is 2.67. The number of ether oxygens (including phenoxy) is 1. The van der Waals surface area contributed by atoms with E-state index in [0.717, 1.165) is 22.0 Å². The number of hydrazone groups is 1. The number of hydrogen-bond donors (Lipinski definition) is 3. The smallest absolute Gasteiger partial charge is 0.329 e. The van der Waals surface area contributed by atoms with Crippen LogP contribution in [0.3, 0.4) is 0 Å². The molecule has 0 saturated heterocycles. The SMILES string of the molecule is CCCNC(=O)C(=O)N/N=C\c1cc(Br)ccc1OCC(=O)Nc1cc(C)cc(C)c1. The lowest BCUT2D eigenvalue weighted by Gasteiger charge is -2.11. The molecule has 0 aliphatic heterocycles. The second kappa shape index (κ2) is 11.8. The Kier molecular flexibility index (Phi) is 9.20. The summed E-state index contributed by atoms with van der Waals surface area (Å²) in [6.07, 6.45) is 2.06. The molecule has 0 radical (unpaired) electrons. The van der Waals surface area contributed by atoms with Gasteiger partial charge in [-0.3, -0.25) is 14.4 Å². The number of carbonyl (C=O) groups is 3. The van der Waals surface area contributed by atoms with Gasteiger partial charge in [-0.15, -0.1) is 0 Å². The van der Waals surface area contributed by atoms with Crippen molar-refractivity contribution in [3.8, 4) is 5.75 Å². The Morgan fingerprint density at radius 2 is 1.77 bits per heavy atom. The van der Waals surface area contributed by atoms with Crippen LogP contribution in [0.25, 0.3) is 0 Å². The van der Waals surface area contributed by atoms with Crippen LogP contribution in [-0.2, 0) is 14.4 Å². The molecule has 0 heterocycles. The fourth-order valence-corrected chi connectivity index (χ4v) is 3.05. The third kappa shape index (κ3) is 8.21. The first-order valence-electron chi connectivity index (χ1n) is 9.70. The number of rotatable bonds is 8. The predicted molar refractivity (Wildman–Crippen MR) is 123 cm³/mol. The molecule has 2 rings (SSSR count). The van der Waals surface area contributed by atoms with Crippen molar-refractivity contribution in [1.29, 1.82) is 0 Å². The second-order valence-electron chi connectivity index (χ2n) is 6.85. The van der Waals surface area contributed by atoms with E-state index in [1.807, 2.05) is 39.0 Å². The minimum Gasteiger partial charge on any atom is -0.483 e. The quantitative estimate of drug-likeness (QED) is 0.301. The number of aryl methyl sites for hydroxylation is 2. The predicted octanol–water partition coefficient (Wildman–Crippen LogP) is 3.06. The average Bonchev–Trinajstić information content (AvgIpc) is 2.70. The Bertz CT molecular complexity index is 971. The highest BCUT2D eigenvalue weighted by Crippen LogP contribution is 2.22. The van der Waals surface area contributed by atoms with Crippen LogP contribution in [-0.4, -0.2) is 37.1 Å². The molecule has 0 atom stereocenters. The third-order valence-electron chi connectivity index (χ3n) is 3.95. The lowest BCUT2D eigenvalue weighted by atomic mass is 10.1. The Hall–Kier alpha value is -3.20. The zero-order chi connectivity index (χ0) is 22.8. The molecule has 0 fully saturated rings. The fraction of sp³-hybridized carbons (Fsp3) is 0.273. The summed E-state index contributed by atoms with van der Waals surface area (Å²) in [6, 6.07) is 10.9. The van der Waals surface area contributed by atoms with E-state index < -0.39 is 11.8 Å². The lowest BCUT2D eigenvalue weighted by Crippen LogP contribution is -2.38. The number of nitrogens with zero attached hydrogens (tertiary/aromatic N) is 1. The maximum Gasteiger partial charge on any atom is 0.329 e. The van der Waals surface area contributed by atoms with Crippen molar-refractivity contribution in [3.05, 3.63) is 57.6 Å². The summed E-state index contributed by atoms with van der Waals surface area (Å²) in [5, 5.41) is 9.06. The van der Waals surface area contributed by atoms with Crippen LogP contribution in [0.1, 0.15) is 30.0 Å². The van der Waals surface area contributed by atoms with E-state index in [1.165, 1.54) is 6.21 Å². The van der Waals surface area contributed by atoms with E-state index in [9.17, 15) is 14.4 Å². The first-order valence-corrected chi connectivity index (χ1v) is 10.5. The Morgan fingerprint density at radius 3 is 2.45 bits per heavy atom. The van der Waals surface area contributed by atoms with E-state index in [-0.39, 0.29) is 12.5 Å². The van der Waals surface area contributed by atoms with Crippen LogP contribution in [0.15, 0.2) is 46.0 Å². The average molecular weight is 489 g/mol. The van der Waals surface area contributed by atoms with Gasteiger partial charge in [-0.1, -0.05) is 28.9 Å². The van der Waals surface area contributed by atoms with Crippen molar-refractivity contribution < 1.29 is 19.1 Å². The van der Waals surface area contributed by atoms with Crippen LogP contribution < -0.4 is 20.8 Å². The summed E-state index contributed by atoms with van der Waals surface area (Å²) >= 11 is 3.36. The van der Waals surface area contributed by atoms with Gasteiger partial charge in [0.1, 0.15) is 5.75 Å². The van der Waals surface area contributed by atoms with Gasteiger partial charge in [-0.05, 0) is 61.7 Å².